The minimum Gasteiger partial charge on any atom is -0.350 e. The van der Waals surface area contributed by atoms with Gasteiger partial charge in [-0.15, -0.1) is 0 Å². The molecule has 0 saturated carbocycles. The van der Waals surface area contributed by atoms with Gasteiger partial charge in [0.15, 0.2) is 0 Å². The average molecular weight is 387 g/mol. The number of imidazole rings is 1. The third-order valence-corrected chi connectivity index (χ3v) is 4.94. The number of nitrogens with one attached hydrogen (secondary N) is 1. The second-order valence-electron chi connectivity index (χ2n) is 6.98. The van der Waals surface area contributed by atoms with Crippen LogP contribution in [-0.4, -0.2) is 25.2 Å². The van der Waals surface area contributed by atoms with Gasteiger partial charge in [-0.3, -0.25) is 9.59 Å². The normalized spacial score (nSPS) is 11.0. The van der Waals surface area contributed by atoms with E-state index in [1.54, 1.807) is 30.3 Å². The van der Waals surface area contributed by atoms with Crippen molar-refractivity contribution in [1.82, 2.24) is 24.6 Å². The minimum atomic E-state index is -0.122. The highest BCUT2D eigenvalue weighted by Crippen LogP contribution is 2.26. The first kappa shape index (κ1) is 18.6. The van der Waals surface area contributed by atoms with Gasteiger partial charge in [0.1, 0.15) is 6.54 Å². The first-order chi connectivity index (χ1) is 14.0. The maximum absolute atomic E-state index is 12.4. The molecule has 4 aromatic rings. The summed E-state index contributed by atoms with van der Waals surface area (Å²) in [7, 11) is 1.66. The number of carbonyl (C=O) groups is 1. The molecule has 0 fully saturated rings. The molecule has 2 aromatic carbocycles. The van der Waals surface area contributed by atoms with E-state index >= 15 is 0 Å². The SMILES string of the molecule is Cc1ccc(-c2nn(C)c(=O)c3ccccc23)cc1CNC(=O)Cn1ccnc1. The summed E-state index contributed by atoms with van der Waals surface area (Å²) < 4.78 is 3.09. The molecule has 4 rings (SSSR count). The number of rotatable bonds is 5. The molecular weight excluding hydrogens is 366 g/mol. The van der Waals surface area contributed by atoms with Crippen molar-refractivity contribution in [2.75, 3.05) is 0 Å². The highest BCUT2D eigenvalue weighted by molar-refractivity contribution is 5.93. The number of hydrogen-bond acceptors (Lipinski definition) is 4. The van der Waals surface area contributed by atoms with Gasteiger partial charge in [0, 0.05) is 36.9 Å². The number of fused-ring (bicyclic) bond motifs is 1. The van der Waals surface area contributed by atoms with E-state index in [1.807, 2.05) is 49.4 Å². The van der Waals surface area contributed by atoms with E-state index in [0.717, 1.165) is 27.8 Å². The summed E-state index contributed by atoms with van der Waals surface area (Å²) in [5, 5.41) is 8.89. The summed E-state index contributed by atoms with van der Waals surface area (Å²) in [6, 6.07) is 13.5. The van der Waals surface area contributed by atoms with E-state index in [9.17, 15) is 9.59 Å². The lowest BCUT2D eigenvalue weighted by atomic mass is 10.00. The first-order valence-corrected chi connectivity index (χ1v) is 9.31. The van der Waals surface area contributed by atoms with Gasteiger partial charge in [-0.05, 0) is 30.2 Å². The monoisotopic (exact) mass is 387 g/mol. The Morgan fingerprint density at radius 1 is 1.14 bits per heavy atom. The van der Waals surface area contributed by atoms with Gasteiger partial charge in [0.05, 0.1) is 17.4 Å². The Morgan fingerprint density at radius 2 is 1.93 bits per heavy atom. The van der Waals surface area contributed by atoms with Crippen LogP contribution in [0.2, 0.25) is 0 Å². The fourth-order valence-corrected chi connectivity index (χ4v) is 3.32. The van der Waals surface area contributed by atoms with Crippen molar-refractivity contribution >= 4 is 16.7 Å². The van der Waals surface area contributed by atoms with Crippen molar-refractivity contribution in [3.63, 3.8) is 0 Å². The average Bonchev–Trinajstić information content (AvgIpc) is 3.23. The lowest BCUT2D eigenvalue weighted by Crippen LogP contribution is -2.27. The molecule has 7 nitrogen and oxygen atoms in total. The molecule has 0 bridgehead atoms. The second kappa shape index (κ2) is 7.71. The Morgan fingerprint density at radius 3 is 2.69 bits per heavy atom. The Kier molecular flexibility index (Phi) is 4.95. The lowest BCUT2D eigenvalue weighted by Gasteiger charge is -2.12. The molecule has 29 heavy (non-hydrogen) atoms. The van der Waals surface area contributed by atoms with Gasteiger partial charge in [-0.25, -0.2) is 9.67 Å². The molecule has 0 aliphatic rings. The predicted octanol–water partition coefficient (Wildman–Crippen LogP) is 2.42. The van der Waals surface area contributed by atoms with Crippen LogP contribution >= 0.6 is 0 Å². The summed E-state index contributed by atoms with van der Waals surface area (Å²) in [5.74, 6) is -0.0847. The van der Waals surface area contributed by atoms with E-state index in [1.165, 1.54) is 4.68 Å². The Hall–Kier alpha value is -3.74. The quantitative estimate of drug-likeness (QED) is 0.570. The van der Waals surface area contributed by atoms with Crippen LogP contribution in [0.4, 0.5) is 0 Å². The van der Waals surface area contributed by atoms with Crippen molar-refractivity contribution in [2.24, 2.45) is 7.05 Å². The Bertz CT molecular complexity index is 1240. The van der Waals surface area contributed by atoms with Gasteiger partial charge in [-0.2, -0.15) is 5.10 Å². The predicted molar refractivity (Wildman–Crippen MR) is 111 cm³/mol. The number of aromatic nitrogens is 4. The summed E-state index contributed by atoms with van der Waals surface area (Å²) >= 11 is 0. The molecule has 2 aromatic heterocycles. The summed E-state index contributed by atoms with van der Waals surface area (Å²) in [5.41, 5.74) is 3.60. The van der Waals surface area contributed by atoms with Gasteiger partial charge < -0.3 is 9.88 Å². The summed E-state index contributed by atoms with van der Waals surface area (Å²) in [6.45, 7) is 2.65. The van der Waals surface area contributed by atoms with Crippen LogP contribution in [0.25, 0.3) is 22.0 Å². The van der Waals surface area contributed by atoms with E-state index in [0.29, 0.717) is 11.9 Å². The molecule has 0 unspecified atom stereocenters. The van der Waals surface area contributed by atoms with Crippen LogP contribution in [0.3, 0.4) is 0 Å². The molecule has 2 heterocycles. The third-order valence-electron chi connectivity index (χ3n) is 4.94. The van der Waals surface area contributed by atoms with Crippen LogP contribution in [0.1, 0.15) is 11.1 Å². The fraction of sp³-hybridized carbons (Fsp3) is 0.182. The number of amides is 1. The van der Waals surface area contributed by atoms with E-state index < -0.39 is 0 Å². The van der Waals surface area contributed by atoms with E-state index in [4.69, 9.17) is 0 Å². The smallest absolute Gasteiger partial charge is 0.274 e. The molecule has 146 valence electrons. The van der Waals surface area contributed by atoms with Gasteiger partial charge in [0.2, 0.25) is 5.91 Å². The molecule has 0 atom stereocenters. The molecular formula is C22H21N5O2. The highest BCUT2D eigenvalue weighted by Gasteiger charge is 2.12. The highest BCUT2D eigenvalue weighted by atomic mass is 16.2. The van der Waals surface area contributed by atoms with Crippen molar-refractivity contribution in [2.45, 2.75) is 20.0 Å². The first-order valence-electron chi connectivity index (χ1n) is 9.31. The van der Waals surface area contributed by atoms with Gasteiger partial charge in [-0.1, -0.05) is 30.3 Å². The van der Waals surface area contributed by atoms with Crippen LogP contribution < -0.4 is 10.9 Å². The molecule has 1 N–H and O–H groups in total. The lowest BCUT2D eigenvalue weighted by molar-refractivity contribution is -0.121. The molecule has 7 heteroatoms. The van der Waals surface area contributed by atoms with Crippen LogP contribution in [0.5, 0.6) is 0 Å². The number of nitrogens with zero attached hydrogens (tertiary/aromatic N) is 4. The minimum absolute atomic E-state index is 0.0847. The van der Waals surface area contributed by atoms with Crippen molar-refractivity contribution in [3.8, 4) is 11.3 Å². The Labute approximate surface area is 167 Å². The van der Waals surface area contributed by atoms with E-state index in [-0.39, 0.29) is 18.0 Å². The number of benzene rings is 2. The summed E-state index contributed by atoms with van der Waals surface area (Å²) in [4.78, 5) is 28.5. The molecule has 0 saturated heterocycles. The maximum atomic E-state index is 12.4. The van der Waals surface area contributed by atoms with Crippen LogP contribution in [0.15, 0.2) is 66.0 Å². The largest absolute Gasteiger partial charge is 0.350 e. The fourth-order valence-electron chi connectivity index (χ4n) is 3.32. The van der Waals surface area contributed by atoms with Crippen molar-refractivity contribution < 1.29 is 4.79 Å². The van der Waals surface area contributed by atoms with Crippen molar-refractivity contribution in [1.29, 1.82) is 0 Å². The standard InChI is InChI=1S/C22H21N5O2/c1-15-7-8-16(11-17(15)12-24-20(28)13-27-10-9-23-14-27)21-18-5-3-4-6-19(18)22(29)26(2)25-21/h3-11,14H,12-13H2,1-2H3,(H,24,28). The zero-order valence-corrected chi connectivity index (χ0v) is 16.3. The molecule has 1 amide bonds. The summed E-state index contributed by atoms with van der Waals surface area (Å²) in [6.07, 6.45) is 5.01. The molecule has 0 radical (unpaired) electrons. The van der Waals surface area contributed by atoms with Gasteiger partial charge in [0.25, 0.3) is 5.56 Å². The van der Waals surface area contributed by atoms with Gasteiger partial charge >= 0.3 is 0 Å². The molecule has 0 aliphatic carbocycles. The second-order valence-corrected chi connectivity index (χ2v) is 6.98. The molecule has 0 aliphatic heterocycles. The topological polar surface area (TPSA) is 81.8 Å². The number of aryl methyl sites for hydroxylation is 2. The zero-order valence-electron chi connectivity index (χ0n) is 16.3. The van der Waals surface area contributed by atoms with E-state index in [2.05, 4.69) is 15.4 Å². The maximum Gasteiger partial charge on any atom is 0.274 e. The Balaban J connectivity index is 1.64. The van der Waals surface area contributed by atoms with Crippen LogP contribution in [0, 0.1) is 6.92 Å². The third kappa shape index (κ3) is 3.80. The van der Waals surface area contributed by atoms with Crippen molar-refractivity contribution in [3.05, 3.63) is 82.7 Å². The number of hydrogen-bond donors (Lipinski definition) is 1. The molecule has 0 spiro atoms. The zero-order chi connectivity index (χ0) is 20.4. The van der Waals surface area contributed by atoms with Crippen LogP contribution in [-0.2, 0) is 24.9 Å². The number of carbonyl (C=O) groups excluding carboxylic acids is 1.